The van der Waals surface area contributed by atoms with E-state index in [9.17, 15) is 0 Å². The zero-order valence-electron chi connectivity index (χ0n) is 11.6. The van der Waals surface area contributed by atoms with E-state index in [1.165, 1.54) is 57.8 Å². The number of rotatable bonds is 4. The number of nitrogens with one attached hydrogen (secondary N) is 1. The molecular weight excluding hydrogens is 210 g/mol. The van der Waals surface area contributed by atoms with Crippen molar-refractivity contribution in [3.8, 4) is 0 Å². The summed E-state index contributed by atoms with van der Waals surface area (Å²) in [7, 11) is 2.09. The van der Waals surface area contributed by atoms with Crippen LogP contribution in [-0.2, 0) is 4.74 Å². The molecule has 0 aromatic carbocycles. The van der Waals surface area contributed by atoms with E-state index >= 15 is 0 Å². The van der Waals surface area contributed by atoms with Crippen molar-refractivity contribution in [2.24, 2.45) is 5.92 Å². The van der Waals surface area contributed by atoms with Gasteiger partial charge in [-0.15, -0.1) is 0 Å². The Morgan fingerprint density at radius 2 is 1.59 bits per heavy atom. The minimum atomic E-state index is 0.478. The molecule has 0 bridgehead atoms. The van der Waals surface area contributed by atoms with Crippen molar-refractivity contribution in [1.29, 1.82) is 0 Å². The molecule has 2 saturated carbocycles. The first-order valence-electron chi connectivity index (χ1n) is 7.68. The average Bonchev–Trinajstić information content (AvgIpc) is 2.40. The van der Waals surface area contributed by atoms with Crippen molar-refractivity contribution in [1.82, 2.24) is 5.32 Å². The van der Waals surface area contributed by atoms with Crippen LogP contribution in [0.15, 0.2) is 0 Å². The van der Waals surface area contributed by atoms with E-state index < -0.39 is 0 Å². The summed E-state index contributed by atoms with van der Waals surface area (Å²) in [6.45, 7) is 2.32. The Morgan fingerprint density at radius 1 is 0.941 bits per heavy atom. The van der Waals surface area contributed by atoms with E-state index in [-0.39, 0.29) is 0 Å². The highest BCUT2D eigenvalue weighted by Crippen LogP contribution is 2.32. The van der Waals surface area contributed by atoms with Crippen molar-refractivity contribution in [3.05, 3.63) is 0 Å². The van der Waals surface area contributed by atoms with Crippen molar-refractivity contribution < 1.29 is 4.74 Å². The van der Waals surface area contributed by atoms with Crippen molar-refractivity contribution in [3.63, 3.8) is 0 Å². The molecule has 0 saturated heterocycles. The van der Waals surface area contributed by atoms with Gasteiger partial charge in [-0.2, -0.15) is 0 Å². The van der Waals surface area contributed by atoms with Crippen LogP contribution < -0.4 is 5.32 Å². The quantitative estimate of drug-likeness (QED) is 0.810. The first-order valence-corrected chi connectivity index (χ1v) is 7.68. The highest BCUT2D eigenvalue weighted by Gasteiger charge is 2.31. The van der Waals surface area contributed by atoms with Crippen LogP contribution in [0.2, 0.25) is 0 Å². The van der Waals surface area contributed by atoms with Gasteiger partial charge < -0.3 is 10.1 Å². The topological polar surface area (TPSA) is 21.3 Å². The minimum Gasteiger partial charge on any atom is -0.373 e. The standard InChI is InChI=1S/C15H29NO/c1-3-12-8-4-6-10-14(12)17-15-11-7-5-9-13(15)16-2/h12-16H,3-11H2,1-2H3. The molecule has 2 fully saturated rings. The van der Waals surface area contributed by atoms with Crippen LogP contribution in [0.5, 0.6) is 0 Å². The normalized spacial score (nSPS) is 39.2. The summed E-state index contributed by atoms with van der Waals surface area (Å²) in [5.41, 5.74) is 0. The van der Waals surface area contributed by atoms with Gasteiger partial charge in [-0.25, -0.2) is 0 Å². The lowest BCUT2D eigenvalue weighted by molar-refractivity contribution is -0.0844. The molecule has 0 spiro atoms. The van der Waals surface area contributed by atoms with Crippen LogP contribution in [0.25, 0.3) is 0 Å². The Bertz CT molecular complexity index is 197. The molecule has 1 N–H and O–H groups in total. The largest absolute Gasteiger partial charge is 0.373 e. The second-order valence-corrected chi connectivity index (χ2v) is 5.85. The molecule has 0 aromatic heterocycles. The van der Waals surface area contributed by atoms with E-state index in [0.29, 0.717) is 18.2 Å². The zero-order chi connectivity index (χ0) is 12.1. The molecule has 0 heterocycles. The second-order valence-electron chi connectivity index (χ2n) is 5.85. The van der Waals surface area contributed by atoms with E-state index in [1.54, 1.807) is 0 Å². The highest BCUT2D eigenvalue weighted by molar-refractivity contribution is 4.84. The van der Waals surface area contributed by atoms with Crippen LogP contribution in [0, 0.1) is 5.92 Å². The summed E-state index contributed by atoms with van der Waals surface area (Å²) >= 11 is 0. The highest BCUT2D eigenvalue weighted by atomic mass is 16.5. The lowest BCUT2D eigenvalue weighted by Crippen LogP contribution is -2.45. The van der Waals surface area contributed by atoms with Crippen molar-refractivity contribution in [2.45, 2.75) is 83.0 Å². The third-order valence-electron chi connectivity index (χ3n) is 4.79. The van der Waals surface area contributed by atoms with Gasteiger partial charge in [0.2, 0.25) is 0 Å². The lowest BCUT2D eigenvalue weighted by atomic mass is 9.84. The molecule has 2 aliphatic rings. The summed E-state index contributed by atoms with van der Waals surface area (Å²) in [6.07, 6.45) is 13.1. The summed E-state index contributed by atoms with van der Waals surface area (Å²) < 4.78 is 6.48. The van der Waals surface area contributed by atoms with Crippen molar-refractivity contribution in [2.75, 3.05) is 7.05 Å². The lowest BCUT2D eigenvalue weighted by Gasteiger charge is -2.38. The zero-order valence-corrected chi connectivity index (χ0v) is 11.6. The van der Waals surface area contributed by atoms with Gasteiger partial charge in [0.05, 0.1) is 12.2 Å². The summed E-state index contributed by atoms with van der Waals surface area (Å²) in [4.78, 5) is 0. The Kier molecular flexibility index (Phi) is 5.30. The van der Waals surface area contributed by atoms with E-state index in [0.717, 1.165) is 5.92 Å². The number of hydrogen-bond acceptors (Lipinski definition) is 2. The molecule has 2 heteroatoms. The fourth-order valence-electron chi connectivity index (χ4n) is 3.63. The van der Waals surface area contributed by atoms with Crippen molar-refractivity contribution >= 4 is 0 Å². The molecule has 2 rings (SSSR count). The van der Waals surface area contributed by atoms with E-state index in [4.69, 9.17) is 4.74 Å². The number of likely N-dealkylation sites (N-methyl/N-ethyl adjacent to an activating group) is 1. The fraction of sp³-hybridized carbons (Fsp3) is 1.00. The molecule has 0 aromatic rings. The maximum Gasteiger partial charge on any atom is 0.0731 e. The maximum atomic E-state index is 6.48. The molecule has 2 nitrogen and oxygen atoms in total. The first kappa shape index (κ1) is 13.4. The number of ether oxygens (including phenoxy) is 1. The van der Waals surface area contributed by atoms with Crippen LogP contribution in [0.4, 0.5) is 0 Å². The first-order chi connectivity index (χ1) is 8.35. The molecule has 17 heavy (non-hydrogen) atoms. The predicted octanol–water partition coefficient (Wildman–Crippen LogP) is 3.50. The molecule has 2 aliphatic carbocycles. The SMILES string of the molecule is CCC1CCCCC1OC1CCCCC1NC. The van der Waals surface area contributed by atoms with Gasteiger partial charge in [-0.1, -0.05) is 39.0 Å². The molecule has 100 valence electrons. The minimum absolute atomic E-state index is 0.478. The average molecular weight is 239 g/mol. The van der Waals surface area contributed by atoms with Gasteiger partial charge in [-0.05, 0) is 38.6 Å². The van der Waals surface area contributed by atoms with Crippen LogP contribution in [-0.4, -0.2) is 25.3 Å². The van der Waals surface area contributed by atoms with Crippen LogP contribution in [0.1, 0.15) is 64.7 Å². The van der Waals surface area contributed by atoms with E-state index in [1.807, 2.05) is 0 Å². The van der Waals surface area contributed by atoms with E-state index in [2.05, 4.69) is 19.3 Å². The van der Waals surface area contributed by atoms with Gasteiger partial charge in [0.25, 0.3) is 0 Å². The molecule has 4 atom stereocenters. The Balaban J connectivity index is 1.88. The fourth-order valence-corrected chi connectivity index (χ4v) is 3.63. The maximum absolute atomic E-state index is 6.48. The van der Waals surface area contributed by atoms with Gasteiger partial charge >= 0.3 is 0 Å². The smallest absolute Gasteiger partial charge is 0.0731 e. The Labute approximate surface area is 107 Å². The molecular formula is C15H29NO. The summed E-state index contributed by atoms with van der Waals surface area (Å²) in [5, 5.41) is 3.45. The third kappa shape index (κ3) is 3.45. The molecule has 4 unspecified atom stereocenters. The summed E-state index contributed by atoms with van der Waals surface area (Å²) in [6, 6.07) is 0.600. The summed E-state index contributed by atoms with van der Waals surface area (Å²) in [5.74, 6) is 0.822. The number of hydrogen-bond donors (Lipinski definition) is 1. The molecule has 0 radical (unpaired) electrons. The van der Waals surface area contributed by atoms with Gasteiger partial charge in [0, 0.05) is 6.04 Å². The molecule has 0 amide bonds. The second kappa shape index (κ2) is 6.75. The molecule has 0 aliphatic heterocycles. The van der Waals surface area contributed by atoms with Crippen LogP contribution >= 0.6 is 0 Å². The van der Waals surface area contributed by atoms with Crippen LogP contribution in [0.3, 0.4) is 0 Å². The predicted molar refractivity (Wildman–Crippen MR) is 72.2 cm³/mol. The Hall–Kier alpha value is -0.0800. The Morgan fingerprint density at radius 3 is 2.29 bits per heavy atom. The monoisotopic (exact) mass is 239 g/mol. The van der Waals surface area contributed by atoms with Gasteiger partial charge in [0.15, 0.2) is 0 Å². The third-order valence-corrected chi connectivity index (χ3v) is 4.79. The van der Waals surface area contributed by atoms with Gasteiger partial charge in [0.1, 0.15) is 0 Å². The van der Waals surface area contributed by atoms with Gasteiger partial charge in [-0.3, -0.25) is 0 Å².